The van der Waals surface area contributed by atoms with Crippen LogP contribution in [0.4, 0.5) is 17.6 Å². The Morgan fingerprint density at radius 2 is 1.96 bits per heavy atom. The van der Waals surface area contributed by atoms with Gasteiger partial charge in [-0.15, -0.1) is 10.2 Å². The Kier molecular flexibility index (Phi) is 4.47. The van der Waals surface area contributed by atoms with Gasteiger partial charge in [0.2, 0.25) is 5.95 Å². The first kappa shape index (κ1) is 16.4. The Balaban J connectivity index is 1.59. The van der Waals surface area contributed by atoms with E-state index in [0.717, 1.165) is 31.0 Å². The molecule has 1 saturated heterocycles. The third-order valence-corrected chi connectivity index (χ3v) is 4.61. The van der Waals surface area contributed by atoms with Crippen LogP contribution in [-0.2, 0) is 6.42 Å². The van der Waals surface area contributed by atoms with Crippen molar-refractivity contribution in [2.45, 2.75) is 33.1 Å². The van der Waals surface area contributed by atoms with Gasteiger partial charge in [0.05, 0.1) is 0 Å². The lowest BCUT2D eigenvalue weighted by molar-refractivity contribution is 0.885. The molecule has 4 rings (SSSR count). The lowest BCUT2D eigenvalue weighted by atomic mass is 10.1. The predicted molar refractivity (Wildman–Crippen MR) is 100 cm³/mol. The molecule has 1 fully saturated rings. The number of hydrogen-bond donors (Lipinski definition) is 1. The monoisotopic (exact) mass is 350 g/mol. The number of imidazole rings is 1. The first-order chi connectivity index (χ1) is 12.7. The summed E-state index contributed by atoms with van der Waals surface area (Å²) < 4.78 is 1.80. The molecule has 8 nitrogen and oxygen atoms in total. The highest BCUT2D eigenvalue weighted by Gasteiger charge is 2.20. The molecular weight excluding hydrogens is 328 g/mol. The Morgan fingerprint density at radius 3 is 2.62 bits per heavy atom. The van der Waals surface area contributed by atoms with Crippen LogP contribution in [0.5, 0.6) is 0 Å². The van der Waals surface area contributed by atoms with Gasteiger partial charge in [0, 0.05) is 36.7 Å². The van der Waals surface area contributed by atoms with Gasteiger partial charge in [0.1, 0.15) is 12.1 Å². The van der Waals surface area contributed by atoms with E-state index < -0.39 is 0 Å². The van der Waals surface area contributed by atoms with Crippen molar-refractivity contribution in [2.24, 2.45) is 0 Å². The van der Waals surface area contributed by atoms with Crippen LogP contribution in [0.15, 0.2) is 30.9 Å². The fraction of sp³-hybridized carbons (Fsp3) is 0.389. The van der Waals surface area contributed by atoms with E-state index in [0.29, 0.717) is 17.6 Å². The molecule has 0 radical (unpaired) electrons. The highest BCUT2D eigenvalue weighted by Crippen LogP contribution is 2.27. The molecule has 0 unspecified atom stereocenters. The van der Waals surface area contributed by atoms with Crippen molar-refractivity contribution in [1.82, 2.24) is 29.7 Å². The van der Waals surface area contributed by atoms with Gasteiger partial charge in [0.25, 0.3) is 0 Å². The summed E-state index contributed by atoms with van der Waals surface area (Å²) in [5, 5.41) is 11.6. The van der Waals surface area contributed by atoms with E-state index in [-0.39, 0.29) is 0 Å². The number of nitrogens with zero attached hydrogens (tertiary/aromatic N) is 7. The van der Waals surface area contributed by atoms with E-state index in [4.69, 9.17) is 4.98 Å². The summed E-state index contributed by atoms with van der Waals surface area (Å²) in [6, 6.07) is 3.75. The molecule has 8 heteroatoms. The van der Waals surface area contributed by atoms with Crippen LogP contribution in [0.1, 0.15) is 31.0 Å². The van der Waals surface area contributed by atoms with Gasteiger partial charge >= 0.3 is 0 Å². The lowest BCUT2D eigenvalue weighted by Crippen LogP contribution is -2.22. The fourth-order valence-corrected chi connectivity index (χ4v) is 3.28. The van der Waals surface area contributed by atoms with E-state index in [1.54, 1.807) is 17.1 Å². The number of anilines is 3. The zero-order valence-electron chi connectivity index (χ0n) is 15.1. The molecule has 26 heavy (non-hydrogen) atoms. The van der Waals surface area contributed by atoms with E-state index >= 15 is 0 Å². The van der Waals surface area contributed by atoms with Crippen molar-refractivity contribution < 1.29 is 0 Å². The van der Waals surface area contributed by atoms with Crippen LogP contribution in [0.25, 0.3) is 5.82 Å². The second kappa shape index (κ2) is 7.07. The van der Waals surface area contributed by atoms with E-state index in [1.807, 2.05) is 25.3 Å². The maximum atomic E-state index is 4.77. The summed E-state index contributed by atoms with van der Waals surface area (Å²) >= 11 is 0. The maximum absolute atomic E-state index is 4.77. The largest absolute Gasteiger partial charge is 0.356 e. The summed E-state index contributed by atoms with van der Waals surface area (Å²) in [7, 11) is 0. The molecule has 0 aromatic carbocycles. The minimum atomic E-state index is 0.561. The Morgan fingerprint density at radius 1 is 1.12 bits per heavy atom. The molecule has 1 aliphatic heterocycles. The standard InChI is InChI=1S/C18H22N8/c1-3-14-13(2)20-18(22-17(14)25-9-4-5-10-25)21-15-6-7-16(24-23-15)26-11-8-19-12-26/h6-8,11-12H,3-5,9-10H2,1-2H3,(H,20,21,22,23). The van der Waals surface area contributed by atoms with Crippen molar-refractivity contribution in [2.75, 3.05) is 23.3 Å². The predicted octanol–water partition coefficient (Wildman–Crippen LogP) is 2.67. The summed E-state index contributed by atoms with van der Waals surface area (Å²) in [4.78, 5) is 15.8. The van der Waals surface area contributed by atoms with E-state index in [2.05, 4.69) is 37.3 Å². The van der Waals surface area contributed by atoms with Crippen molar-refractivity contribution >= 4 is 17.6 Å². The molecule has 0 aliphatic carbocycles. The summed E-state index contributed by atoms with van der Waals surface area (Å²) in [6.45, 7) is 6.31. The minimum absolute atomic E-state index is 0.561. The first-order valence-electron chi connectivity index (χ1n) is 8.96. The summed E-state index contributed by atoms with van der Waals surface area (Å²) in [6.07, 6.45) is 8.59. The molecule has 0 bridgehead atoms. The Bertz CT molecular complexity index is 867. The number of rotatable bonds is 5. The zero-order chi connectivity index (χ0) is 17.9. The van der Waals surface area contributed by atoms with Crippen molar-refractivity contribution in [3.63, 3.8) is 0 Å². The summed E-state index contributed by atoms with van der Waals surface area (Å²) in [5.41, 5.74) is 2.23. The molecule has 0 spiro atoms. The second-order valence-electron chi connectivity index (χ2n) is 6.35. The van der Waals surface area contributed by atoms with Crippen LogP contribution in [0.3, 0.4) is 0 Å². The molecule has 3 aromatic heterocycles. The van der Waals surface area contributed by atoms with Crippen molar-refractivity contribution in [3.8, 4) is 5.82 Å². The third kappa shape index (κ3) is 3.22. The van der Waals surface area contributed by atoms with Gasteiger partial charge < -0.3 is 10.2 Å². The van der Waals surface area contributed by atoms with Crippen molar-refractivity contribution in [1.29, 1.82) is 0 Å². The second-order valence-corrected chi connectivity index (χ2v) is 6.35. The number of aromatic nitrogens is 6. The minimum Gasteiger partial charge on any atom is -0.356 e. The van der Waals surface area contributed by atoms with Crippen LogP contribution in [-0.4, -0.2) is 42.8 Å². The third-order valence-electron chi connectivity index (χ3n) is 4.61. The van der Waals surface area contributed by atoms with Crippen LogP contribution < -0.4 is 10.2 Å². The molecule has 1 aliphatic rings. The first-order valence-corrected chi connectivity index (χ1v) is 8.96. The van der Waals surface area contributed by atoms with E-state index in [1.165, 1.54) is 18.4 Å². The average molecular weight is 350 g/mol. The van der Waals surface area contributed by atoms with Crippen LogP contribution in [0, 0.1) is 6.92 Å². The highest BCUT2D eigenvalue weighted by atomic mass is 15.3. The molecule has 0 atom stereocenters. The maximum Gasteiger partial charge on any atom is 0.230 e. The zero-order valence-corrected chi connectivity index (χ0v) is 15.1. The molecular formula is C18H22N8. The molecule has 0 amide bonds. The van der Waals surface area contributed by atoms with Gasteiger partial charge in [0.15, 0.2) is 11.6 Å². The van der Waals surface area contributed by atoms with Gasteiger partial charge in [-0.25, -0.2) is 9.97 Å². The molecule has 1 N–H and O–H groups in total. The van der Waals surface area contributed by atoms with Gasteiger partial charge in [-0.1, -0.05) is 6.92 Å². The Hall–Kier alpha value is -3.03. The quantitative estimate of drug-likeness (QED) is 0.757. The topological polar surface area (TPSA) is 84.7 Å². The smallest absolute Gasteiger partial charge is 0.230 e. The summed E-state index contributed by atoms with van der Waals surface area (Å²) in [5.74, 6) is 2.93. The Labute approximate surface area is 152 Å². The SMILES string of the molecule is CCc1c(C)nc(Nc2ccc(-n3ccnc3)nn2)nc1N1CCCC1. The molecule has 3 aromatic rings. The normalized spacial score (nSPS) is 14.0. The highest BCUT2D eigenvalue weighted by molar-refractivity contribution is 5.56. The molecule has 4 heterocycles. The van der Waals surface area contributed by atoms with Gasteiger partial charge in [-0.2, -0.15) is 4.98 Å². The van der Waals surface area contributed by atoms with Gasteiger partial charge in [-0.05, 0) is 38.3 Å². The van der Waals surface area contributed by atoms with Crippen molar-refractivity contribution in [3.05, 3.63) is 42.1 Å². The number of nitrogens with one attached hydrogen (secondary N) is 1. The molecule has 0 saturated carbocycles. The average Bonchev–Trinajstić information content (AvgIpc) is 3.36. The fourth-order valence-electron chi connectivity index (χ4n) is 3.28. The van der Waals surface area contributed by atoms with Crippen LogP contribution in [0.2, 0.25) is 0 Å². The number of hydrogen-bond acceptors (Lipinski definition) is 7. The van der Waals surface area contributed by atoms with Gasteiger partial charge in [-0.3, -0.25) is 4.57 Å². The van der Waals surface area contributed by atoms with E-state index in [9.17, 15) is 0 Å². The molecule has 134 valence electrons. The lowest BCUT2D eigenvalue weighted by Gasteiger charge is -2.21. The number of aryl methyl sites for hydroxylation is 1. The van der Waals surface area contributed by atoms with Crippen LogP contribution >= 0.6 is 0 Å².